The molecule has 0 aliphatic heterocycles. The van der Waals surface area contributed by atoms with E-state index in [0.29, 0.717) is 5.01 Å². The van der Waals surface area contributed by atoms with Crippen molar-refractivity contribution in [3.63, 3.8) is 0 Å². The highest BCUT2D eigenvalue weighted by Gasteiger charge is 2.15. The number of amides is 1. The van der Waals surface area contributed by atoms with Crippen molar-refractivity contribution < 1.29 is 13.6 Å². The zero-order valence-corrected chi connectivity index (χ0v) is 11.6. The van der Waals surface area contributed by atoms with E-state index in [4.69, 9.17) is 0 Å². The molecule has 0 saturated heterocycles. The summed E-state index contributed by atoms with van der Waals surface area (Å²) in [5.41, 5.74) is 0.541. The Morgan fingerprint density at radius 3 is 2.76 bits per heavy atom. The Morgan fingerprint density at radius 2 is 1.95 bits per heavy atom. The lowest BCUT2D eigenvalue weighted by atomic mass is 10.2. The quantitative estimate of drug-likeness (QED) is 0.804. The zero-order chi connectivity index (χ0) is 14.8. The van der Waals surface area contributed by atoms with Gasteiger partial charge in [-0.05, 0) is 24.3 Å². The molecule has 3 aromatic rings. The average Bonchev–Trinajstić information content (AvgIpc) is 2.90. The molecule has 0 aliphatic rings. The van der Waals surface area contributed by atoms with Gasteiger partial charge >= 0.3 is 0 Å². The van der Waals surface area contributed by atoms with E-state index >= 15 is 0 Å². The van der Waals surface area contributed by atoms with E-state index in [9.17, 15) is 13.6 Å². The normalized spacial score (nSPS) is 10.8. The highest BCUT2D eigenvalue weighted by atomic mass is 32.1. The first kappa shape index (κ1) is 13.6. The molecule has 106 valence electrons. The third-order valence-electron chi connectivity index (χ3n) is 2.93. The van der Waals surface area contributed by atoms with E-state index in [1.165, 1.54) is 23.5 Å². The fraction of sp³-hybridized carbons (Fsp3) is 0.0667. The van der Waals surface area contributed by atoms with Crippen LogP contribution in [0.25, 0.3) is 10.2 Å². The van der Waals surface area contributed by atoms with Gasteiger partial charge in [-0.15, -0.1) is 11.3 Å². The number of nitrogens with one attached hydrogen (secondary N) is 1. The van der Waals surface area contributed by atoms with Crippen LogP contribution >= 0.6 is 11.3 Å². The molecular weight excluding hydrogens is 294 g/mol. The summed E-state index contributed by atoms with van der Waals surface area (Å²) in [7, 11) is 0. The minimum atomic E-state index is -1.14. The van der Waals surface area contributed by atoms with Gasteiger partial charge in [-0.2, -0.15) is 0 Å². The minimum Gasteiger partial charge on any atom is -0.345 e. The van der Waals surface area contributed by atoms with Crippen molar-refractivity contribution in [1.29, 1.82) is 0 Å². The van der Waals surface area contributed by atoms with Gasteiger partial charge in [-0.25, -0.2) is 13.8 Å². The second kappa shape index (κ2) is 5.57. The fourth-order valence-corrected chi connectivity index (χ4v) is 2.83. The minimum absolute atomic E-state index is 0.175. The summed E-state index contributed by atoms with van der Waals surface area (Å²) in [6, 6.07) is 11.1. The first-order valence-electron chi connectivity index (χ1n) is 6.22. The van der Waals surface area contributed by atoms with Crippen LogP contribution < -0.4 is 5.32 Å². The van der Waals surface area contributed by atoms with Crippen LogP contribution in [0.5, 0.6) is 0 Å². The van der Waals surface area contributed by atoms with Crippen LogP contribution in [0, 0.1) is 11.6 Å². The Balaban J connectivity index is 1.75. The smallest absolute Gasteiger partial charge is 0.254 e. The number of carbonyl (C=O) groups is 1. The number of halogens is 2. The van der Waals surface area contributed by atoms with E-state index in [0.717, 1.165) is 16.3 Å². The van der Waals surface area contributed by atoms with Crippen molar-refractivity contribution in [2.75, 3.05) is 0 Å². The first-order valence-corrected chi connectivity index (χ1v) is 7.03. The zero-order valence-electron chi connectivity index (χ0n) is 10.8. The van der Waals surface area contributed by atoms with Crippen molar-refractivity contribution in [2.24, 2.45) is 0 Å². The number of fused-ring (bicyclic) bond motifs is 1. The van der Waals surface area contributed by atoms with Gasteiger partial charge in [0.05, 0.1) is 22.3 Å². The Morgan fingerprint density at radius 1 is 1.14 bits per heavy atom. The molecule has 0 spiro atoms. The van der Waals surface area contributed by atoms with Gasteiger partial charge in [0.25, 0.3) is 5.91 Å². The molecule has 0 fully saturated rings. The monoisotopic (exact) mass is 304 g/mol. The van der Waals surface area contributed by atoms with Crippen LogP contribution in [0.15, 0.2) is 42.5 Å². The lowest BCUT2D eigenvalue weighted by Gasteiger charge is -2.04. The molecule has 0 atom stereocenters. The lowest BCUT2D eigenvalue weighted by Crippen LogP contribution is -2.24. The molecule has 2 aromatic carbocycles. The first-order chi connectivity index (χ1) is 10.1. The standard InChI is InChI=1S/C15H10F2N2OS/c16-10-5-3-4-9(14(10)17)15(20)18-8-13-19-11-6-1-2-7-12(11)21-13/h1-7H,8H2,(H,18,20). The van der Waals surface area contributed by atoms with Crippen molar-refractivity contribution in [1.82, 2.24) is 10.3 Å². The van der Waals surface area contributed by atoms with Crippen LogP contribution in [0.1, 0.15) is 15.4 Å². The average molecular weight is 304 g/mol. The van der Waals surface area contributed by atoms with E-state index < -0.39 is 17.5 Å². The number of benzene rings is 2. The van der Waals surface area contributed by atoms with E-state index in [1.54, 1.807) is 0 Å². The maximum absolute atomic E-state index is 13.5. The third kappa shape index (κ3) is 2.75. The second-order valence-corrected chi connectivity index (χ2v) is 5.47. The highest BCUT2D eigenvalue weighted by molar-refractivity contribution is 7.18. The highest BCUT2D eigenvalue weighted by Crippen LogP contribution is 2.21. The van der Waals surface area contributed by atoms with Gasteiger partial charge in [0, 0.05) is 0 Å². The molecular formula is C15H10F2N2OS. The summed E-state index contributed by atoms with van der Waals surface area (Å²) in [4.78, 5) is 16.2. The molecule has 3 rings (SSSR count). The summed E-state index contributed by atoms with van der Waals surface area (Å²) in [5, 5.41) is 3.26. The molecule has 1 aromatic heterocycles. The number of nitrogens with zero attached hydrogens (tertiary/aromatic N) is 1. The van der Waals surface area contributed by atoms with Gasteiger partial charge in [0.2, 0.25) is 0 Å². The molecule has 0 bridgehead atoms. The van der Waals surface area contributed by atoms with Gasteiger partial charge < -0.3 is 5.32 Å². The Labute approximate surface area is 123 Å². The third-order valence-corrected chi connectivity index (χ3v) is 3.97. The van der Waals surface area contributed by atoms with Crippen molar-refractivity contribution >= 4 is 27.5 Å². The summed E-state index contributed by atoms with van der Waals surface area (Å²) < 4.78 is 27.6. The number of rotatable bonds is 3. The van der Waals surface area contributed by atoms with E-state index in [-0.39, 0.29) is 12.1 Å². The molecule has 0 unspecified atom stereocenters. The molecule has 0 radical (unpaired) electrons. The predicted molar refractivity (Wildman–Crippen MR) is 77.1 cm³/mol. The number of carbonyl (C=O) groups excluding carboxylic acids is 1. The van der Waals surface area contributed by atoms with E-state index in [1.807, 2.05) is 24.3 Å². The summed E-state index contributed by atoms with van der Waals surface area (Å²) >= 11 is 1.45. The largest absolute Gasteiger partial charge is 0.345 e. The molecule has 3 nitrogen and oxygen atoms in total. The maximum atomic E-state index is 13.5. The van der Waals surface area contributed by atoms with Crippen molar-refractivity contribution in [2.45, 2.75) is 6.54 Å². The van der Waals surface area contributed by atoms with Gasteiger partial charge in [0.15, 0.2) is 11.6 Å². The van der Waals surface area contributed by atoms with Gasteiger partial charge in [0.1, 0.15) is 5.01 Å². The van der Waals surface area contributed by atoms with Gasteiger partial charge in [-0.1, -0.05) is 18.2 Å². The molecule has 0 saturated carbocycles. The number of aromatic nitrogens is 1. The number of hydrogen-bond donors (Lipinski definition) is 1. The van der Waals surface area contributed by atoms with Crippen LogP contribution in [-0.4, -0.2) is 10.9 Å². The second-order valence-electron chi connectivity index (χ2n) is 4.36. The number of para-hydroxylation sites is 1. The lowest BCUT2D eigenvalue weighted by molar-refractivity contribution is 0.0946. The van der Waals surface area contributed by atoms with Crippen LogP contribution in [0.2, 0.25) is 0 Å². The molecule has 1 heterocycles. The fourth-order valence-electron chi connectivity index (χ4n) is 1.93. The molecule has 6 heteroatoms. The van der Waals surface area contributed by atoms with Crippen molar-refractivity contribution in [3.05, 3.63) is 64.7 Å². The number of hydrogen-bond acceptors (Lipinski definition) is 3. The maximum Gasteiger partial charge on any atom is 0.254 e. The van der Waals surface area contributed by atoms with Crippen LogP contribution in [0.3, 0.4) is 0 Å². The summed E-state index contributed by atoms with van der Waals surface area (Å²) in [6.45, 7) is 0.175. The Bertz CT molecular complexity index is 783. The van der Waals surface area contributed by atoms with Crippen LogP contribution in [-0.2, 0) is 6.54 Å². The van der Waals surface area contributed by atoms with E-state index in [2.05, 4.69) is 10.3 Å². The summed E-state index contributed by atoms with van der Waals surface area (Å²) in [5.74, 6) is -2.84. The Kier molecular flexibility index (Phi) is 3.62. The molecule has 21 heavy (non-hydrogen) atoms. The predicted octanol–water partition coefficient (Wildman–Crippen LogP) is 3.50. The molecule has 1 amide bonds. The molecule has 1 N–H and O–H groups in total. The SMILES string of the molecule is O=C(NCc1nc2ccccc2s1)c1cccc(F)c1F. The topological polar surface area (TPSA) is 42.0 Å². The number of thiazole rings is 1. The molecule has 0 aliphatic carbocycles. The van der Waals surface area contributed by atoms with Crippen LogP contribution in [0.4, 0.5) is 8.78 Å². The Hall–Kier alpha value is -2.34. The summed E-state index contributed by atoms with van der Waals surface area (Å²) in [6.07, 6.45) is 0. The van der Waals surface area contributed by atoms with Crippen molar-refractivity contribution in [3.8, 4) is 0 Å². The van der Waals surface area contributed by atoms with Gasteiger partial charge in [-0.3, -0.25) is 4.79 Å².